The number of rotatable bonds is 3. The SMILES string of the molecule is Cc1ccccc1-n1ncc(C(=O)NC2CCc3ccccc32)c1C. The molecule has 0 bridgehead atoms. The Morgan fingerprint density at radius 1 is 1.12 bits per heavy atom. The molecule has 4 heteroatoms. The first kappa shape index (κ1) is 15.6. The van der Waals surface area contributed by atoms with Gasteiger partial charge in [-0.1, -0.05) is 42.5 Å². The van der Waals surface area contributed by atoms with E-state index in [1.807, 2.05) is 48.9 Å². The lowest BCUT2D eigenvalue weighted by molar-refractivity contribution is 0.0936. The number of aromatic nitrogens is 2. The molecule has 3 aromatic rings. The number of carbonyl (C=O) groups excluding carboxylic acids is 1. The van der Waals surface area contributed by atoms with Crippen molar-refractivity contribution in [3.8, 4) is 5.69 Å². The number of hydrogen-bond donors (Lipinski definition) is 1. The van der Waals surface area contributed by atoms with Crippen molar-refractivity contribution >= 4 is 5.91 Å². The van der Waals surface area contributed by atoms with Gasteiger partial charge in [-0.25, -0.2) is 4.68 Å². The highest BCUT2D eigenvalue weighted by Gasteiger charge is 2.25. The zero-order chi connectivity index (χ0) is 17.4. The molecule has 1 aromatic heterocycles. The first-order valence-corrected chi connectivity index (χ1v) is 8.64. The molecule has 0 radical (unpaired) electrons. The molecule has 1 unspecified atom stereocenters. The fraction of sp³-hybridized carbons (Fsp3) is 0.238. The molecular weight excluding hydrogens is 310 g/mol. The summed E-state index contributed by atoms with van der Waals surface area (Å²) in [5.41, 5.74) is 6.20. The third-order valence-corrected chi connectivity index (χ3v) is 5.04. The van der Waals surface area contributed by atoms with Gasteiger partial charge in [-0.2, -0.15) is 5.10 Å². The Morgan fingerprint density at radius 2 is 1.88 bits per heavy atom. The minimum atomic E-state index is -0.0564. The molecule has 1 heterocycles. The summed E-state index contributed by atoms with van der Waals surface area (Å²) >= 11 is 0. The van der Waals surface area contributed by atoms with E-state index in [4.69, 9.17) is 0 Å². The van der Waals surface area contributed by atoms with Gasteiger partial charge in [0.15, 0.2) is 0 Å². The maximum atomic E-state index is 12.8. The number of benzene rings is 2. The van der Waals surface area contributed by atoms with E-state index >= 15 is 0 Å². The zero-order valence-corrected chi connectivity index (χ0v) is 14.5. The maximum absolute atomic E-state index is 12.8. The molecule has 4 nitrogen and oxygen atoms in total. The average molecular weight is 331 g/mol. The Labute approximate surface area is 147 Å². The molecule has 0 aliphatic heterocycles. The molecule has 1 aliphatic carbocycles. The van der Waals surface area contributed by atoms with E-state index in [1.165, 1.54) is 11.1 Å². The van der Waals surface area contributed by atoms with Crippen LogP contribution < -0.4 is 5.32 Å². The summed E-state index contributed by atoms with van der Waals surface area (Å²) in [4.78, 5) is 12.8. The minimum absolute atomic E-state index is 0.0564. The van der Waals surface area contributed by atoms with Gasteiger partial charge in [0.1, 0.15) is 0 Å². The van der Waals surface area contributed by atoms with Crippen LogP contribution in [0.3, 0.4) is 0 Å². The standard InChI is InChI=1S/C21H21N3O/c1-14-7-3-6-10-20(14)24-15(2)18(13-22-24)21(25)23-19-12-11-16-8-4-5-9-17(16)19/h3-10,13,19H,11-12H2,1-2H3,(H,23,25). The van der Waals surface area contributed by atoms with Crippen LogP contribution in [0, 0.1) is 13.8 Å². The molecule has 0 spiro atoms. The summed E-state index contributed by atoms with van der Waals surface area (Å²) in [5.74, 6) is -0.0564. The number of fused-ring (bicyclic) bond motifs is 1. The van der Waals surface area contributed by atoms with Crippen LogP contribution in [0.1, 0.15) is 45.2 Å². The van der Waals surface area contributed by atoms with Gasteiger partial charge in [0.2, 0.25) is 0 Å². The van der Waals surface area contributed by atoms with Crippen LogP contribution in [0.25, 0.3) is 5.69 Å². The summed E-state index contributed by atoms with van der Waals surface area (Å²) in [6.07, 6.45) is 3.64. The molecule has 126 valence electrons. The smallest absolute Gasteiger partial charge is 0.255 e. The second-order valence-electron chi connectivity index (χ2n) is 6.61. The van der Waals surface area contributed by atoms with Crippen molar-refractivity contribution in [2.75, 3.05) is 0 Å². The van der Waals surface area contributed by atoms with Crippen molar-refractivity contribution in [3.63, 3.8) is 0 Å². The Hall–Kier alpha value is -2.88. The van der Waals surface area contributed by atoms with E-state index in [0.717, 1.165) is 29.8 Å². The van der Waals surface area contributed by atoms with Gasteiger partial charge in [0, 0.05) is 0 Å². The number of hydrogen-bond acceptors (Lipinski definition) is 2. The number of para-hydroxylation sites is 1. The number of amides is 1. The maximum Gasteiger partial charge on any atom is 0.255 e. The monoisotopic (exact) mass is 331 g/mol. The number of nitrogens with zero attached hydrogens (tertiary/aromatic N) is 2. The zero-order valence-electron chi connectivity index (χ0n) is 14.5. The highest BCUT2D eigenvalue weighted by Crippen LogP contribution is 2.31. The molecule has 0 fully saturated rings. The molecule has 25 heavy (non-hydrogen) atoms. The predicted octanol–water partition coefficient (Wildman–Crippen LogP) is 3.91. The van der Waals surface area contributed by atoms with E-state index in [0.29, 0.717) is 5.56 Å². The molecule has 1 N–H and O–H groups in total. The van der Waals surface area contributed by atoms with Crippen molar-refractivity contribution < 1.29 is 4.79 Å². The Morgan fingerprint density at radius 3 is 2.72 bits per heavy atom. The van der Waals surface area contributed by atoms with Crippen molar-refractivity contribution in [2.45, 2.75) is 32.7 Å². The van der Waals surface area contributed by atoms with Gasteiger partial charge >= 0.3 is 0 Å². The highest BCUT2D eigenvalue weighted by molar-refractivity contribution is 5.95. The van der Waals surface area contributed by atoms with Crippen molar-refractivity contribution in [1.29, 1.82) is 0 Å². The van der Waals surface area contributed by atoms with E-state index < -0.39 is 0 Å². The summed E-state index contributed by atoms with van der Waals surface area (Å²) in [5, 5.41) is 7.62. The van der Waals surface area contributed by atoms with Gasteiger partial charge in [-0.3, -0.25) is 4.79 Å². The first-order valence-electron chi connectivity index (χ1n) is 8.64. The number of carbonyl (C=O) groups is 1. The van der Waals surface area contributed by atoms with Crippen LogP contribution in [0.5, 0.6) is 0 Å². The van der Waals surface area contributed by atoms with Crippen LogP contribution in [-0.4, -0.2) is 15.7 Å². The average Bonchev–Trinajstić information content (AvgIpc) is 3.20. The summed E-state index contributed by atoms with van der Waals surface area (Å²) in [6, 6.07) is 16.5. The summed E-state index contributed by atoms with van der Waals surface area (Å²) in [7, 11) is 0. The highest BCUT2D eigenvalue weighted by atomic mass is 16.1. The third kappa shape index (κ3) is 2.74. The van der Waals surface area contributed by atoms with Crippen LogP contribution >= 0.6 is 0 Å². The van der Waals surface area contributed by atoms with Crippen LogP contribution in [0.2, 0.25) is 0 Å². The molecular formula is C21H21N3O. The molecule has 1 amide bonds. The van der Waals surface area contributed by atoms with E-state index in [2.05, 4.69) is 28.6 Å². The van der Waals surface area contributed by atoms with Gasteiger partial charge < -0.3 is 5.32 Å². The fourth-order valence-electron chi connectivity index (χ4n) is 3.62. The molecule has 1 atom stereocenters. The molecule has 1 aliphatic rings. The van der Waals surface area contributed by atoms with Crippen molar-refractivity contribution in [2.24, 2.45) is 0 Å². The van der Waals surface area contributed by atoms with Gasteiger partial charge in [0.25, 0.3) is 5.91 Å². The molecule has 4 rings (SSSR count). The largest absolute Gasteiger partial charge is 0.345 e. The van der Waals surface area contributed by atoms with Gasteiger partial charge in [-0.05, 0) is 49.4 Å². The molecule has 2 aromatic carbocycles. The van der Waals surface area contributed by atoms with Crippen LogP contribution in [-0.2, 0) is 6.42 Å². The van der Waals surface area contributed by atoms with Gasteiger partial charge in [0.05, 0.1) is 29.2 Å². The first-order chi connectivity index (χ1) is 12.1. The Balaban J connectivity index is 1.59. The van der Waals surface area contributed by atoms with Crippen molar-refractivity contribution in [1.82, 2.24) is 15.1 Å². The normalized spacial score (nSPS) is 15.8. The van der Waals surface area contributed by atoms with Gasteiger partial charge in [-0.15, -0.1) is 0 Å². The summed E-state index contributed by atoms with van der Waals surface area (Å²) < 4.78 is 1.84. The number of aryl methyl sites for hydroxylation is 2. The predicted molar refractivity (Wildman–Crippen MR) is 98.0 cm³/mol. The number of nitrogens with one attached hydrogen (secondary N) is 1. The van der Waals surface area contributed by atoms with E-state index in [1.54, 1.807) is 6.20 Å². The Bertz CT molecular complexity index is 942. The molecule has 0 saturated heterocycles. The second-order valence-corrected chi connectivity index (χ2v) is 6.61. The Kier molecular flexibility index (Phi) is 3.88. The van der Waals surface area contributed by atoms with Crippen molar-refractivity contribution in [3.05, 3.63) is 82.7 Å². The quantitative estimate of drug-likeness (QED) is 0.791. The summed E-state index contributed by atoms with van der Waals surface area (Å²) in [6.45, 7) is 3.99. The van der Waals surface area contributed by atoms with Crippen LogP contribution in [0.4, 0.5) is 0 Å². The lowest BCUT2D eigenvalue weighted by atomic mass is 10.1. The lowest BCUT2D eigenvalue weighted by Gasteiger charge is -2.14. The topological polar surface area (TPSA) is 46.9 Å². The fourth-order valence-corrected chi connectivity index (χ4v) is 3.62. The second kappa shape index (κ2) is 6.20. The lowest BCUT2D eigenvalue weighted by Crippen LogP contribution is -2.27. The third-order valence-electron chi connectivity index (χ3n) is 5.04. The van der Waals surface area contributed by atoms with Crippen LogP contribution in [0.15, 0.2) is 54.7 Å². The van der Waals surface area contributed by atoms with E-state index in [-0.39, 0.29) is 11.9 Å². The van der Waals surface area contributed by atoms with E-state index in [9.17, 15) is 4.79 Å². The minimum Gasteiger partial charge on any atom is -0.345 e. The molecule has 0 saturated carbocycles.